The number of benzene rings is 1. The van der Waals surface area contributed by atoms with Crippen molar-refractivity contribution in [3.63, 3.8) is 0 Å². The van der Waals surface area contributed by atoms with Gasteiger partial charge >= 0.3 is 0 Å². The van der Waals surface area contributed by atoms with Crippen LogP contribution in [0.5, 0.6) is 5.75 Å². The Kier molecular flexibility index (Phi) is 6.14. The highest BCUT2D eigenvalue weighted by atomic mass is 35.5. The largest absolute Gasteiger partial charge is 0.495 e. The molecular weight excluding hydrogens is 272 g/mol. The predicted molar refractivity (Wildman–Crippen MR) is 83.9 cm³/mol. The Hall–Kier alpha value is -0.770. The van der Waals surface area contributed by atoms with Gasteiger partial charge in [0.1, 0.15) is 5.75 Å². The lowest BCUT2D eigenvalue weighted by Crippen LogP contribution is -2.34. The Balaban J connectivity index is 2.17. The van der Waals surface area contributed by atoms with Crippen molar-refractivity contribution in [2.45, 2.75) is 51.0 Å². The molecule has 20 heavy (non-hydrogen) atoms. The molecule has 2 rings (SSSR count). The number of nitrogens with two attached hydrogens (primary N) is 1. The normalized spacial score (nSPS) is 19.1. The molecule has 0 saturated heterocycles. The monoisotopic (exact) mass is 296 g/mol. The zero-order chi connectivity index (χ0) is 14.4. The lowest BCUT2D eigenvalue weighted by molar-refractivity contribution is 0.290. The Morgan fingerprint density at radius 1 is 1.20 bits per heavy atom. The third-order valence-electron chi connectivity index (χ3n) is 4.34. The van der Waals surface area contributed by atoms with Crippen molar-refractivity contribution in [2.24, 2.45) is 11.8 Å². The van der Waals surface area contributed by atoms with Crippen LogP contribution in [0.3, 0.4) is 0 Å². The second-order valence-electron chi connectivity index (χ2n) is 5.64. The van der Waals surface area contributed by atoms with E-state index in [1.807, 2.05) is 18.2 Å². The molecule has 0 spiro atoms. The first kappa shape index (κ1) is 15.6. The molecule has 0 heterocycles. The molecule has 0 radical (unpaired) electrons. The third kappa shape index (κ3) is 3.87. The molecule has 1 unspecified atom stereocenters. The molecule has 0 aliphatic heterocycles. The fourth-order valence-corrected chi connectivity index (χ4v) is 3.39. The quantitative estimate of drug-likeness (QED) is 0.646. The molecule has 1 aliphatic carbocycles. The zero-order valence-corrected chi connectivity index (χ0v) is 13.0. The molecular formula is C16H25ClN2O. The fourth-order valence-electron chi connectivity index (χ4n) is 3.20. The van der Waals surface area contributed by atoms with Crippen molar-refractivity contribution >= 4 is 11.6 Å². The predicted octanol–water partition coefficient (Wildman–Crippen LogP) is 4.21. The van der Waals surface area contributed by atoms with Crippen molar-refractivity contribution in [3.05, 3.63) is 28.8 Å². The van der Waals surface area contributed by atoms with Crippen LogP contribution in [-0.4, -0.2) is 7.11 Å². The van der Waals surface area contributed by atoms with Gasteiger partial charge in [-0.3, -0.25) is 11.3 Å². The summed E-state index contributed by atoms with van der Waals surface area (Å²) in [7, 11) is 1.64. The van der Waals surface area contributed by atoms with Gasteiger partial charge in [-0.25, -0.2) is 0 Å². The van der Waals surface area contributed by atoms with Crippen molar-refractivity contribution in [3.8, 4) is 5.75 Å². The first-order valence-electron chi connectivity index (χ1n) is 7.56. The van der Waals surface area contributed by atoms with Crippen LogP contribution in [0.15, 0.2) is 18.2 Å². The van der Waals surface area contributed by atoms with Crippen LogP contribution in [0.2, 0.25) is 5.02 Å². The highest BCUT2D eigenvalue weighted by Gasteiger charge is 2.23. The second-order valence-corrected chi connectivity index (χ2v) is 6.05. The smallest absolute Gasteiger partial charge is 0.137 e. The first-order valence-corrected chi connectivity index (χ1v) is 7.93. The number of rotatable bonds is 4. The average molecular weight is 297 g/mol. The minimum absolute atomic E-state index is 0.180. The molecule has 1 fully saturated rings. The van der Waals surface area contributed by atoms with E-state index in [9.17, 15) is 0 Å². The van der Waals surface area contributed by atoms with Crippen molar-refractivity contribution in [1.82, 2.24) is 5.43 Å². The van der Waals surface area contributed by atoms with Crippen molar-refractivity contribution < 1.29 is 4.74 Å². The topological polar surface area (TPSA) is 47.3 Å². The Morgan fingerprint density at radius 2 is 1.85 bits per heavy atom. The molecule has 1 aliphatic rings. The van der Waals surface area contributed by atoms with E-state index in [4.69, 9.17) is 22.2 Å². The summed E-state index contributed by atoms with van der Waals surface area (Å²) in [5.74, 6) is 7.14. The number of ether oxygens (including phenoxy) is 1. The number of halogens is 1. The van der Waals surface area contributed by atoms with Gasteiger partial charge in [0.05, 0.1) is 12.1 Å². The summed E-state index contributed by atoms with van der Waals surface area (Å²) >= 11 is 6.10. The standard InChI is InChI=1S/C16H25ClN2O/c1-20-15-11-13(9-10-14(15)17)16(19-18)12-7-5-3-2-4-6-8-12/h9-12,16,19H,2-8,18H2,1H3. The van der Waals surface area contributed by atoms with Gasteiger partial charge in [0.15, 0.2) is 0 Å². The lowest BCUT2D eigenvalue weighted by Gasteiger charge is -2.29. The maximum Gasteiger partial charge on any atom is 0.137 e. The molecule has 1 saturated carbocycles. The van der Waals surface area contributed by atoms with Gasteiger partial charge in [0, 0.05) is 6.04 Å². The summed E-state index contributed by atoms with van der Waals surface area (Å²) < 4.78 is 5.31. The summed E-state index contributed by atoms with van der Waals surface area (Å²) in [4.78, 5) is 0. The molecule has 1 aromatic rings. The molecule has 0 aromatic heterocycles. The molecule has 0 bridgehead atoms. The van der Waals surface area contributed by atoms with Crippen LogP contribution in [0.4, 0.5) is 0 Å². The van der Waals surface area contributed by atoms with Gasteiger partial charge in [-0.15, -0.1) is 0 Å². The van der Waals surface area contributed by atoms with Crippen LogP contribution < -0.4 is 16.0 Å². The van der Waals surface area contributed by atoms with E-state index in [1.54, 1.807) is 7.11 Å². The van der Waals surface area contributed by atoms with Gasteiger partial charge in [-0.1, -0.05) is 49.8 Å². The molecule has 0 amide bonds. The zero-order valence-electron chi connectivity index (χ0n) is 12.2. The Bertz CT molecular complexity index is 417. The second kappa shape index (κ2) is 7.87. The molecule has 3 N–H and O–H groups in total. The molecule has 1 aromatic carbocycles. The molecule has 4 heteroatoms. The number of nitrogens with one attached hydrogen (secondary N) is 1. The van der Waals surface area contributed by atoms with E-state index < -0.39 is 0 Å². The van der Waals surface area contributed by atoms with E-state index in [1.165, 1.54) is 50.5 Å². The van der Waals surface area contributed by atoms with Gasteiger partial charge < -0.3 is 4.74 Å². The maximum absolute atomic E-state index is 6.10. The van der Waals surface area contributed by atoms with E-state index in [0.29, 0.717) is 10.9 Å². The van der Waals surface area contributed by atoms with Gasteiger partial charge in [-0.2, -0.15) is 0 Å². The molecule has 112 valence electrons. The van der Waals surface area contributed by atoms with Crippen LogP contribution in [-0.2, 0) is 0 Å². The summed E-state index contributed by atoms with van der Waals surface area (Å²) in [6.45, 7) is 0. The average Bonchev–Trinajstić information content (AvgIpc) is 2.43. The summed E-state index contributed by atoms with van der Waals surface area (Å²) in [6.07, 6.45) is 9.14. The van der Waals surface area contributed by atoms with E-state index in [-0.39, 0.29) is 6.04 Å². The lowest BCUT2D eigenvalue weighted by atomic mass is 9.83. The summed E-state index contributed by atoms with van der Waals surface area (Å²) in [5.41, 5.74) is 4.17. The Morgan fingerprint density at radius 3 is 2.45 bits per heavy atom. The van der Waals surface area contributed by atoms with Crippen LogP contribution in [0.1, 0.15) is 56.6 Å². The number of hydrazine groups is 1. The molecule has 1 atom stereocenters. The highest BCUT2D eigenvalue weighted by Crippen LogP contribution is 2.35. The maximum atomic E-state index is 6.10. The van der Waals surface area contributed by atoms with Crippen LogP contribution >= 0.6 is 11.6 Å². The van der Waals surface area contributed by atoms with E-state index in [2.05, 4.69) is 5.43 Å². The summed E-state index contributed by atoms with van der Waals surface area (Å²) in [5, 5.41) is 0.643. The minimum atomic E-state index is 0.180. The van der Waals surface area contributed by atoms with Gasteiger partial charge in [0.25, 0.3) is 0 Å². The van der Waals surface area contributed by atoms with Crippen molar-refractivity contribution in [2.75, 3.05) is 7.11 Å². The first-order chi connectivity index (χ1) is 9.76. The fraction of sp³-hybridized carbons (Fsp3) is 0.625. The van der Waals surface area contributed by atoms with Crippen LogP contribution in [0, 0.1) is 5.92 Å². The highest BCUT2D eigenvalue weighted by molar-refractivity contribution is 6.32. The number of methoxy groups -OCH3 is 1. The number of hydrogen-bond donors (Lipinski definition) is 2. The van der Waals surface area contributed by atoms with E-state index >= 15 is 0 Å². The van der Waals surface area contributed by atoms with Gasteiger partial charge in [-0.05, 0) is 36.5 Å². The SMILES string of the molecule is COc1cc(C(NN)C2CCCCCCC2)ccc1Cl. The van der Waals surface area contributed by atoms with Crippen molar-refractivity contribution in [1.29, 1.82) is 0 Å². The molecule has 3 nitrogen and oxygen atoms in total. The van der Waals surface area contributed by atoms with Gasteiger partial charge in [0.2, 0.25) is 0 Å². The summed E-state index contributed by atoms with van der Waals surface area (Å²) in [6, 6.07) is 6.13. The minimum Gasteiger partial charge on any atom is -0.495 e. The van der Waals surface area contributed by atoms with Crippen LogP contribution in [0.25, 0.3) is 0 Å². The number of hydrogen-bond acceptors (Lipinski definition) is 3. The Labute approximate surface area is 126 Å². The van der Waals surface area contributed by atoms with E-state index in [0.717, 1.165) is 5.75 Å². The third-order valence-corrected chi connectivity index (χ3v) is 4.65.